The van der Waals surface area contributed by atoms with Gasteiger partial charge in [0, 0.05) is 10.6 Å². The van der Waals surface area contributed by atoms with Crippen LogP contribution in [-0.2, 0) is 9.84 Å². The van der Waals surface area contributed by atoms with Crippen LogP contribution in [0.25, 0.3) is 0 Å². The van der Waals surface area contributed by atoms with Gasteiger partial charge in [-0.2, -0.15) is 0 Å². The molecule has 4 heteroatoms. The maximum absolute atomic E-state index is 11.3. The molecule has 0 heterocycles. The van der Waals surface area contributed by atoms with Crippen molar-refractivity contribution in [3.05, 3.63) is 29.8 Å². The number of halogens is 1. The lowest BCUT2D eigenvalue weighted by Crippen LogP contribution is -1.95. The van der Waals surface area contributed by atoms with Gasteiger partial charge in [-0.25, -0.2) is 8.42 Å². The Kier molecular flexibility index (Phi) is 2.97. The highest BCUT2D eigenvalue weighted by atomic mass is 35.5. The van der Waals surface area contributed by atoms with Crippen molar-refractivity contribution in [3.8, 4) is 10.6 Å². The van der Waals surface area contributed by atoms with E-state index in [0.717, 1.165) is 5.56 Å². The summed E-state index contributed by atoms with van der Waals surface area (Å²) in [7, 11) is -3.52. The summed E-state index contributed by atoms with van der Waals surface area (Å²) in [6.45, 7) is 1.88. The first-order valence-electron chi connectivity index (χ1n) is 3.50. The van der Waals surface area contributed by atoms with Crippen LogP contribution in [0.1, 0.15) is 5.56 Å². The number of hydrogen-bond donors (Lipinski definition) is 0. The van der Waals surface area contributed by atoms with Crippen LogP contribution in [0, 0.1) is 17.6 Å². The molecule has 0 saturated heterocycles. The lowest BCUT2D eigenvalue weighted by molar-refractivity contribution is 0.606. The average molecular weight is 215 g/mol. The van der Waals surface area contributed by atoms with Gasteiger partial charge in [-0.15, -0.1) is 0 Å². The Morgan fingerprint density at radius 3 is 2.23 bits per heavy atom. The molecule has 0 bridgehead atoms. The molecule has 68 valence electrons. The number of sulfone groups is 1. The Morgan fingerprint density at radius 1 is 1.23 bits per heavy atom. The van der Waals surface area contributed by atoms with Crippen LogP contribution in [0.3, 0.4) is 0 Å². The molecule has 2 nitrogen and oxygen atoms in total. The molecular formula is C9H7ClO2S. The predicted molar refractivity (Wildman–Crippen MR) is 52.0 cm³/mol. The molecule has 0 aliphatic heterocycles. The van der Waals surface area contributed by atoms with Gasteiger partial charge in [-0.1, -0.05) is 17.7 Å². The third kappa shape index (κ3) is 2.48. The van der Waals surface area contributed by atoms with Crippen LogP contribution >= 0.6 is 11.6 Å². The molecule has 0 radical (unpaired) electrons. The van der Waals surface area contributed by atoms with Crippen molar-refractivity contribution in [1.29, 1.82) is 0 Å². The number of hydrogen-bond acceptors (Lipinski definition) is 2. The quantitative estimate of drug-likeness (QED) is 0.670. The minimum absolute atomic E-state index is 0.172. The number of aryl methyl sites for hydroxylation is 1. The summed E-state index contributed by atoms with van der Waals surface area (Å²) in [5.41, 5.74) is 0.998. The molecule has 0 saturated carbocycles. The fraction of sp³-hybridized carbons (Fsp3) is 0.111. The van der Waals surface area contributed by atoms with Crippen LogP contribution in [0.2, 0.25) is 0 Å². The molecule has 13 heavy (non-hydrogen) atoms. The SMILES string of the molecule is Cc1ccc(S(=O)(=O)C#CCl)cc1. The summed E-state index contributed by atoms with van der Waals surface area (Å²) >= 11 is 5.03. The second kappa shape index (κ2) is 3.82. The average Bonchev–Trinajstić information content (AvgIpc) is 2.05. The highest BCUT2D eigenvalue weighted by Gasteiger charge is 2.09. The monoisotopic (exact) mass is 214 g/mol. The Labute approximate surface area is 82.5 Å². The van der Waals surface area contributed by atoms with Crippen LogP contribution in [0.5, 0.6) is 0 Å². The second-order valence-electron chi connectivity index (χ2n) is 2.51. The van der Waals surface area contributed by atoms with Gasteiger partial charge in [0.15, 0.2) is 0 Å². The molecule has 0 aliphatic carbocycles. The normalized spacial score (nSPS) is 10.3. The Bertz CT molecular complexity index is 449. The van der Waals surface area contributed by atoms with E-state index in [1.165, 1.54) is 12.1 Å². The largest absolute Gasteiger partial charge is 0.246 e. The van der Waals surface area contributed by atoms with Crippen molar-refractivity contribution >= 4 is 21.4 Å². The van der Waals surface area contributed by atoms with Crippen molar-refractivity contribution in [2.24, 2.45) is 0 Å². The fourth-order valence-electron chi connectivity index (χ4n) is 0.827. The summed E-state index contributed by atoms with van der Waals surface area (Å²) < 4.78 is 22.6. The predicted octanol–water partition coefficient (Wildman–Crippen LogP) is 1.93. The van der Waals surface area contributed by atoms with E-state index in [9.17, 15) is 8.42 Å². The van der Waals surface area contributed by atoms with Crippen LogP contribution in [-0.4, -0.2) is 8.42 Å². The smallest absolute Gasteiger partial charge is 0.210 e. The summed E-state index contributed by atoms with van der Waals surface area (Å²) in [4.78, 5) is 0.172. The molecule has 0 N–H and O–H groups in total. The molecule has 0 aromatic heterocycles. The molecule has 0 unspecified atom stereocenters. The zero-order valence-corrected chi connectivity index (χ0v) is 8.48. The third-order valence-corrected chi connectivity index (χ3v) is 2.97. The van der Waals surface area contributed by atoms with Crippen molar-refractivity contribution in [2.45, 2.75) is 11.8 Å². The van der Waals surface area contributed by atoms with Gasteiger partial charge in [-0.05, 0) is 30.7 Å². The number of benzene rings is 1. The van der Waals surface area contributed by atoms with Crippen LogP contribution in [0.15, 0.2) is 29.2 Å². The van der Waals surface area contributed by atoms with Gasteiger partial charge in [0.05, 0.1) is 4.90 Å². The Balaban J connectivity index is 3.22. The fourth-order valence-corrected chi connectivity index (χ4v) is 1.85. The van der Waals surface area contributed by atoms with E-state index in [1.54, 1.807) is 12.1 Å². The first-order chi connectivity index (χ1) is 6.06. The molecule has 1 aromatic rings. The van der Waals surface area contributed by atoms with Crippen molar-refractivity contribution in [3.63, 3.8) is 0 Å². The summed E-state index contributed by atoms with van der Waals surface area (Å²) in [6, 6.07) is 6.43. The molecule has 0 fully saturated rings. The molecule has 0 spiro atoms. The molecule has 0 amide bonds. The Morgan fingerprint density at radius 2 is 1.77 bits per heavy atom. The maximum Gasteiger partial charge on any atom is 0.246 e. The van der Waals surface area contributed by atoms with Gasteiger partial charge in [-0.3, -0.25) is 0 Å². The van der Waals surface area contributed by atoms with E-state index in [4.69, 9.17) is 11.6 Å². The van der Waals surface area contributed by atoms with E-state index in [0.29, 0.717) is 0 Å². The summed E-state index contributed by atoms with van der Waals surface area (Å²) in [6.07, 6.45) is 0. The first kappa shape index (κ1) is 10.1. The summed E-state index contributed by atoms with van der Waals surface area (Å²) in [5, 5.41) is 3.80. The van der Waals surface area contributed by atoms with Crippen molar-refractivity contribution in [2.75, 3.05) is 0 Å². The topological polar surface area (TPSA) is 34.1 Å². The summed E-state index contributed by atoms with van der Waals surface area (Å²) in [5.74, 6) is 0. The maximum atomic E-state index is 11.3. The van der Waals surface area contributed by atoms with Gasteiger partial charge in [0.25, 0.3) is 0 Å². The minimum Gasteiger partial charge on any atom is -0.210 e. The van der Waals surface area contributed by atoms with Gasteiger partial charge < -0.3 is 0 Å². The van der Waals surface area contributed by atoms with Gasteiger partial charge >= 0.3 is 0 Å². The molecule has 1 aromatic carbocycles. The zero-order chi connectivity index (χ0) is 9.90. The molecule has 0 aliphatic rings. The number of rotatable bonds is 1. The highest BCUT2D eigenvalue weighted by molar-refractivity contribution is 7.96. The van der Waals surface area contributed by atoms with Crippen LogP contribution < -0.4 is 0 Å². The standard InChI is InChI=1S/C9H7ClO2S/c1-8-2-4-9(5-3-8)13(11,12)7-6-10/h2-5H,1H3. The lowest BCUT2D eigenvalue weighted by Gasteiger charge is -1.96. The zero-order valence-electron chi connectivity index (χ0n) is 6.91. The Hall–Kier alpha value is -0.980. The highest BCUT2D eigenvalue weighted by Crippen LogP contribution is 2.10. The molecule has 1 rings (SSSR count). The van der Waals surface area contributed by atoms with E-state index < -0.39 is 9.84 Å². The van der Waals surface area contributed by atoms with E-state index >= 15 is 0 Å². The van der Waals surface area contributed by atoms with Crippen molar-refractivity contribution in [1.82, 2.24) is 0 Å². The molecule has 0 atom stereocenters. The molecular weight excluding hydrogens is 208 g/mol. The van der Waals surface area contributed by atoms with Crippen molar-refractivity contribution < 1.29 is 8.42 Å². The second-order valence-corrected chi connectivity index (χ2v) is 4.38. The minimum atomic E-state index is -3.52. The first-order valence-corrected chi connectivity index (χ1v) is 5.36. The third-order valence-electron chi connectivity index (χ3n) is 1.50. The lowest BCUT2D eigenvalue weighted by atomic mass is 10.2. The van der Waals surface area contributed by atoms with E-state index in [-0.39, 0.29) is 4.90 Å². The van der Waals surface area contributed by atoms with Gasteiger partial charge in [0.2, 0.25) is 9.84 Å². The van der Waals surface area contributed by atoms with Crippen LogP contribution in [0.4, 0.5) is 0 Å². The van der Waals surface area contributed by atoms with E-state index in [1.807, 2.05) is 17.6 Å². The van der Waals surface area contributed by atoms with Gasteiger partial charge in [0.1, 0.15) is 0 Å². The van der Waals surface area contributed by atoms with E-state index in [2.05, 4.69) is 0 Å².